The Hall–Kier alpha value is -2.20. The van der Waals surface area contributed by atoms with Crippen LogP contribution in [0.15, 0.2) is 69.4 Å². The average molecular weight is 466 g/mol. The molecule has 2 aromatic heterocycles. The Morgan fingerprint density at radius 1 is 1.20 bits per heavy atom. The van der Waals surface area contributed by atoms with Crippen molar-refractivity contribution in [3.05, 3.63) is 80.2 Å². The molecule has 0 unspecified atom stereocenters. The lowest BCUT2D eigenvalue weighted by Crippen LogP contribution is -2.15. The fourth-order valence-electron chi connectivity index (χ4n) is 1.87. The summed E-state index contributed by atoms with van der Waals surface area (Å²) in [5.74, 6) is 0.0902. The Labute approximate surface area is 160 Å². The molecule has 0 saturated heterocycles. The molecule has 8 heteroatoms. The minimum atomic E-state index is -0.600. The summed E-state index contributed by atoms with van der Waals surface area (Å²) in [6.07, 6.45) is 4.43. The second-order valence-electron chi connectivity index (χ2n) is 4.76. The molecule has 3 rings (SSSR count). The lowest BCUT2D eigenvalue weighted by atomic mass is 10.2. The van der Waals surface area contributed by atoms with Crippen molar-refractivity contribution in [2.75, 3.05) is 0 Å². The number of ether oxygens (including phenoxy) is 1. The molecule has 126 valence electrons. The monoisotopic (exact) mass is 466 g/mol. The summed E-state index contributed by atoms with van der Waals surface area (Å²) in [6, 6.07) is 9.99. The molecule has 0 spiro atoms. The van der Waals surface area contributed by atoms with E-state index >= 15 is 0 Å². The van der Waals surface area contributed by atoms with Crippen molar-refractivity contribution in [1.82, 2.24) is 9.97 Å². The SMILES string of the molecule is O=C(Oc1coc(CSc2ncccn2)cc1=O)c1ccccc1I. The lowest BCUT2D eigenvalue weighted by Gasteiger charge is -2.05. The molecule has 1 aromatic carbocycles. The normalized spacial score (nSPS) is 10.4. The predicted molar refractivity (Wildman–Crippen MR) is 101 cm³/mol. The summed E-state index contributed by atoms with van der Waals surface area (Å²) in [6.45, 7) is 0. The quantitative estimate of drug-likeness (QED) is 0.246. The number of carbonyl (C=O) groups excluding carboxylic acids is 1. The highest BCUT2D eigenvalue weighted by atomic mass is 127. The molecule has 0 aliphatic heterocycles. The zero-order valence-electron chi connectivity index (χ0n) is 12.7. The molecule has 25 heavy (non-hydrogen) atoms. The van der Waals surface area contributed by atoms with E-state index < -0.39 is 11.4 Å². The van der Waals surface area contributed by atoms with Crippen LogP contribution < -0.4 is 10.2 Å². The van der Waals surface area contributed by atoms with Gasteiger partial charge in [0.25, 0.3) is 0 Å². The molecule has 0 bridgehead atoms. The average Bonchev–Trinajstić information content (AvgIpc) is 2.63. The van der Waals surface area contributed by atoms with Gasteiger partial charge in [0.2, 0.25) is 11.2 Å². The van der Waals surface area contributed by atoms with Gasteiger partial charge in [0.05, 0.1) is 11.3 Å². The minimum Gasteiger partial charge on any atom is -0.464 e. The summed E-state index contributed by atoms with van der Waals surface area (Å²) in [5, 5.41) is 0.583. The lowest BCUT2D eigenvalue weighted by molar-refractivity contribution is 0.0727. The van der Waals surface area contributed by atoms with Gasteiger partial charge in [-0.15, -0.1) is 0 Å². The molecule has 0 fully saturated rings. The van der Waals surface area contributed by atoms with Crippen molar-refractivity contribution in [3.63, 3.8) is 0 Å². The molecule has 3 aromatic rings. The molecule has 0 aliphatic rings. The van der Waals surface area contributed by atoms with Crippen LogP contribution in [0.5, 0.6) is 5.75 Å². The van der Waals surface area contributed by atoms with Gasteiger partial charge >= 0.3 is 5.97 Å². The smallest absolute Gasteiger partial charge is 0.344 e. The van der Waals surface area contributed by atoms with Gasteiger partial charge in [0.15, 0.2) is 5.16 Å². The summed E-state index contributed by atoms with van der Waals surface area (Å²) in [5.41, 5.74) is -0.0292. The molecule has 0 aliphatic carbocycles. The van der Waals surface area contributed by atoms with Gasteiger partial charge in [-0.25, -0.2) is 14.8 Å². The van der Waals surface area contributed by atoms with E-state index in [9.17, 15) is 9.59 Å². The van der Waals surface area contributed by atoms with Crippen molar-refractivity contribution >= 4 is 40.3 Å². The Balaban J connectivity index is 1.69. The van der Waals surface area contributed by atoms with Crippen molar-refractivity contribution in [2.24, 2.45) is 0 Å². The number of rotatable bonds is 5. The Bertz CT molecular complexity index is 947. The highest BCUT2D eigenvalue weighted by Gasteiger charge is 2.15. The predicted octanol–water partition coefficient (Wildman–Crippen LogP) is 3.55. The second-order valence-corrected chi connectivity index (χ2v) is 6.87. The standard InChI is InChI=1S/C17H11IN2O4S/c18-13-5-2-1-4-12(13)16(22)24-15-9-23-11(8-14(15)21)10-25-17-19-6-3-7-20-17/h1-9H,10H2. The number of carbonyl (C=O) groups is 1. The van der Waals surface area contributed by atoms with E-state index in [4.69, 9.17) is 9.15 Å². The van der Waals surface area contributed by atoms with Crippen LogP contribution >= 0.6 is 34.4 Å². The first-order valence-corrected chi connectivity index (χ1v) is 9.18. The molecule has 0 N–H and O–H groups in total. The number of hydrogen-bond donors (Lipinski definition) is 0. The third kappa shape index (κ3) is 4.67. The molecule has 0 atom stereocenters. The van der Waals surface area contributed by atoms with Crippen molar-refractivity contribution in [3.8, 4) is 5.75 Å². The van der Waals surface area contributed by atoms with Crippen LogP contribution in [0.2, 0.25) is 0 Å². The summed E-state index contributed by atoms with van der Waals surface area (Å²) < 4.78 is 11.3. The molecule has 0 amide bonds. The molecular formula is C17H11IN2O4S. The van der Waals surface area contributed by atoms with Gasteiger partial charge in [-0.1, -0.05) is 23.9 Å². The Kier molecular flexibility index (Phi) is 5.82. The second kappa shape index (κ2) is 8.26. The maximum atomic E-state index is 12.2. The van der Waals surface area contributed by atoms with Crippen molar-refractivity contribution < 1.29 is 13.9 Å². The number of esters is 1. The zero-order valence-corrected chi connectivity index (χ0v) is 15.7. The molecule has 0 radical (unpaired) electrons. The van der Waals surface area contributed by atoms with Gasteiger partial charge in [0.1, 0.15) is 12.0 Å². The zero-order chi connectivity index (χ0) is 17.6. The highest BCUT2D eigenvalue weighted by molar-refractivity contribution is 14.1. The van der Waals surface area contributed by atoms with Crippen molar-refractivity contribution in [2.45, 2.75) is 10.9 Å². The first kappa shape index (κ1) is 17.6. The van der Waals surface area contributed by atoms with E-state index in [0.717, 1.165) is 9.83 Å². The number of halogens is 1. The van der Waals surface area contributed by atoms with E-state index in [1.54, 1.807) is 36.7 Å². The summed E-state index contributed by atoms with van der Waals surface area (Å²) in [4.78, 5) is 32.4. The van der Waals surface area contributed by atoms with Gasteiger partial charge in [0, 0.05) is 22.0 Å². The van der Waals surface area contributed by atoms with E-state index in [0.29, 0.717) is 22.2 Å². The van der Waals surface area contributed by atoms with Gasteiger partial charge in [-0.05, 0) is 40.8 Å². The maximum Gasteiger partial charge on any atom is 0.344 e. The van der Waals surface area contributed by atoms with Crippen LogP contribution in [-0.2, 0) is 5.75 Å². The molecular weight excluding hydrogens is 455 g/mol. The van der Waals surface area contributed by atoms with Crippen LogP contribution in [0.25, 0.3) is 0 Å². The number of thioether (sulfide) groups is 1. The van der Waals surface area contributed by atoms with Crippen LogP contribution in [0, 0.1) is 3.57 Å². The van der Waals surface area contributed by atoms with E-state index in [1.807, 2.05) is 28.7 Å². The van der Waals surface area contributed by atoms with Crippen LogP contribution in [0.3, 0.4) is 0 Å². The summed E-state index contributed by atoms with van der Waals surface area (Å²) in [7, 11) is 0. The number of benzene rings is 1. The molecule has 2 heterocycles. The van der Waals surface area contributed by atoms with Crippen LogP contribution in [-0.4, -0.2) is 15.9 Å². The third-order valence-electron chi connectivity index (χ3n) is 3.03. The van der Waals surface area contributed by atoms with E-state index in [2.05, 4.69) is 9.97 Å². The summed E-state index contributed by atoms with van der Waals surface area (Å²) >= 11 is 3.37. The number of hydrogen-bond acceptors (Lipinski definition) is 7. The van der Waals surface area contributed by atoms with Crippen molar-refractivity contribution in [1.29, 1.82) is 0 Å². The highest BCUT2D eigenvalue weighted by Crippen LogP contribution is 2.19. The largest absolute Gasteiger partial charge is 0.464 e. The first-order chi connectivity index (χ1) is 12.1. The molecule has 0 saturated carbocycles. The van der Waals surface area contributed by atoms with Gasteiger partial charge in [-0.3, -0.25) is 4.79 Å². The topological polar surface area (TPSA) is 82.3 Å². The third-order valence-corrected chi connectivity index (χ3v) is 4.87. The van der Waals surface area contributed by atoms with Crippen LogP contribution in [0.1, 0.15) is 16.1 Å². The first-order valence-electron chi connectivity index (χ1n) is 7.12. The number of nitrogens with zero attached hydrogens (tertiary/aromatic N) is 2. The fraction of sp³-hybridized carbons (Fsp3) is 0.0588. The minimum absolute atomic E-state index is 0.144. The van der Waals surface area contributed by atoms with Gasteiger partial charge < -0.3 is 9.15 Å². The fourth-order valence-corrected chi connectivity index (χ4v) is 3.17. The Morgan fingerprint density at radius 2 is 1.96 bits per heavy atom. The van der Waals surface area contributed by atoms with Gasteiger partial charge in [-0.2, -0.15) is 0 Å². The number of aromatic nitrogens is 2. The Morgan fingerprint density at radius 3 is 2.68 bits per heavy atom. The van der Waals surface area contributed by atoms with E-state index in [1.165, 1.54) is 17.8 Å². The molecule has 6 nitrogen and oxygen atoms in total. The van der Waals surface area contributed by atoms with E-state index in [-0.39, 0.29) is 5.75 Å². The van der Waals surface area contributed by atoms with Crippen LogP contribution in [0.4, 0.5) is 0 Å². The maximum absolute atomic E-state index is 12.2.